The van der Waals surface area contributed by atoms with Gasteiger partial charge in [-0.2, -0.15) is 0 Å². The quantitative estimate of drug-likeness (QED) is 0.266. The number of aromatic nitrogens is 3. The van der Waals surface area contributed by atoms with Crippen molar-refractivity contribution in [2.24, 2.45) is 5.11 Å². The van der Waals surface area contributed by atoms with Crippen LogP contribution in [0.4, 0.5) is 34.9 Å². The van der Waals surface area contributed by atoms with Crippen LogP contribution in [-0.4, -0.2) is 71.3 Å². The normalized spacial score (nSPS) is 16.2. The van der Waals surface area contributed by atoms with Gasteiger partial charge in [0.1, 0.15) is 0 Å². The summed E-state index contributed by atoms with van der Waals surface area (Å²) in [6, 6.07) is 5.36. The Bertz CT molecular complexity index is 1280. The van der Waals surface area contributed by atoms with E-state index in [9.17, 15) is 17.6 Å². The van der Waals surface area contributed by atoms with Crippen molar-refractivity contribution < 1.29 is 22.3 Å². The lowest BCUT2D eigenvalue weighted by Crippen LogP contribution is -2.21. The molecular weight excluding hydrogens is 485 g/mol. The summed E-state index contributed by atoms with van der Waals surface area (Å²) < 4.78 is 54.8. The van der Waals surface area contributed by atoms with Crippen molar-refractivity contribution in [3.05, 3.63) is 35.9 Å². The molecule has 2 radical (unpaired) electrons. The van der Waals surface area contributed by atoms with Gasteiger partial charge in [0, 0.05) is 29.7 Å². The minimum absolute atomic E-state index is 0.0312. The lowest BCUT2D eigenvalue weighted by molar-refractivity contribution is -0.525. The van der Waals surface area contributed by atoms with Crippen LogP contribution in [0.15, 0.2) is 29.5 Å². The van der Waals surface area contributed by atoms with Crippen LogP contribution in [0.3, 0.4) is 0 Å². The first-order valence-corrected chi connectivity index (χ1v) is 12.2. The molecule has 1 saturated heterocycles. The van der Waals surface area contributed by atoms with Gasteiger partial charge in [0.25, 0.3) is 11.6 Å². The van der Waals surface area contributed by atoms with Crippen LogP contribution in [0, 0.1) is 5.82 Å². The van der Waals surface area contributed by atoms with E-state index in [1.54, 1.807) is 34.8 Å². The third-order valence-corrected chi connectivity index (χ3v) is 5.72. The fourth-order valence-electron chi connectivity index (χ4n) is 4.24. The van der Waals surface area contributed by atoms with E-state index in [0.717, 1.165) is 11.4 Å². The molecule has 0 unspecified atom stereocenters. The molecule has 0 spiro atoms. The molecule has 3 aromatic rings. The van der Waals surface area contributed by atoms with E-state index in [-0.39, 0.29) is 25.5 Å². The fourth-order valence-corrected chi connectivity index (χ4v) is 4.24. The van der Waals surface area contributed by atoms with Crippen molar-refractivity contribution in [3.8, 4) is 11.1 Å². The largest absolute Gasteiger partial charge is 0.367 e. The Morgan fingerprint density at radius 2 is 1.95 bits per heavy atom. The zero-order chi connectivity index (χ0) is 27.5. The summed E-state index contributed by atoms with van der Waals surface area (Å²) in [5.74, 6) is -2.80. The molecular formula is C25H33BF4N7+. The third-order valence-electron chi connectivity index (χ3n) is 5.72. The van der Waals surface area contributed by atoms with Crippen LogP contribution in [0.25, 0.3) is 16.6 Å². The Labute approximate surface area is 215 Å². The minimum Gasteiger partial charge on any atom is -0.367 e. The van der Waals surface area contributed by atoms with Crippen LogP contribution >= 0.6 is 0 Å². The summed E-state index contributed by atoms with van der Waals surface area (Å²) in [5.41, 5.74) is 9.39. The molecule has 2 N–H and O–H groups in total. The predicted molar refractivity (Wildman–Crippen MR) is 138 cm³/mol. The van der Waals surface area contributed by atoms with Gasteiger partial charge in [-0.3, -0.25) is 0 Å². The lowest BCUT2D eigenvalue weighted by atomic mass is 9.69. The molecule has 7 nitrogen and oxygen atoms in total. The number of alkyl halides is 3. The maximum atomic E-state index is 14.9. The molecule has 2 aliphatic rings. The number of halogens is 4. The van der Waals surface area contributed by atoms with E-state index in [2.05, 4.69) is 15.2 Å². The highest BCUT2D eigenvalue weighted by molar-refractivity contribution is 6.14. The van der Waals surface area contributed by atoms with Gasteiger partial charge in [-0.1, -0.05) is 43.8 Å². The fraction of sp³-hybridized carbons (Fsp3) is 0.520. The van der Waals surface area contributed by atoms with Crippen LogP contribution in [0.2, 0.25) is 5.31 Å². The molecule has 1 aromatic carbocycles. The van der Waals surface area contributed by atoms with Crippen molar-refractivity contribution in [1.82, 2.24) is 19.5 Å². The molecule has 0 atom stereocenters. The Morgan fingerprint density at radius 1 is 1.24 bits per heavy atom. The average molecular weight is 518 g/mol. The summed E-state index contributed by atoms with van der Waals surface area (Å²) in [7, 11) is 7.86. The maximum absolute atomic E-state index is 14.9. The first kappa shape index (κ1) is 28.6. The minimum atomic E-state index is -2.41. The van der Waals surface area contributed by atoms with Gasteiger partial charge in [0.15, 0.2) is 12.5 Å². The molecule has 5 rings (SSSR count). The molecule has 0 bridgehead atoms. The summed E-state index contributed by atoms with van der Waals surface area (Å²) in [4.78, 5) is 5.94. The number of azo groups is 2. The van der Waals surface area contributed by atoms with Crippen molar-refractivity contribution in [1.29, 1.82) is 0 Å². The van der Waals surface area contributed by atoms with Crippen molar-refractivity contribution in [2.45, 2.75) is 51.8 Å². The van der Waals surface area contributed by atoms with Crippen LogP contribution in [-0.2, 0) is 6.42 Å². The highest BCUT2D eigenvalue weighted by Gasteiger charge is 2.36. The number of rotatable bonds is 5. The highest BCUT2D eigenvalue weighted by Crippen LogP contribution is 2.42. The summed E-state index contributed by atoms with van der Waals surface area (Å²) >= 11 is 0. The number of hydrogen-bond donors (Lipinski definition) is 1. The van der Waals surface area contributed by atoms with Crippen molar-refractivity contribution in [3.63, 3.8) is 0 Å². The van der Waals surface area contributed by atoms with E-state index in [0.29, 0.717) is 35.3 Å². The van der Waals surface area contributed by atoms with Crippen LogP contribution < -0.4 is 5.73 Å². The second-order valence-electron chi connectivity index (χ2n) is 9.69. The summed E-state index contributed by atoms with van der Waals surface area (Å²) in [5, 5.41) is 7.73. The molecule has 0 amide bonds. The van der Waals surface area contributed by atoms with Gasteiger partial charge in [0.2, 0.25) is 18.2 Å². The topological polar surface area (TPSA) is 74.8 Å². The molecule has 0 aliphatic carbocycles. The highest BCUT2D eigenvalue weighted by atomic mass is 19.3. The number of hydrogen-bond acceptors (Lipinski definition) is 5. The number of likely N-dealkylation sites (tertiary alicyclic amines) is 1. The van der Waals surface area contributed by atoms with Gasteiger partial charge in [0.05, 0.1) is 31.8 Å². The van der Waals surface area contributed by atoms with Gasteiger partial charge in [-0.15, -0.1) is 5.10 Å². The molecule has 1 fully saturated rings. The zero-order valence-electron chi connectivity index (χ0n) is 21.9. The molecule has 37 heavy (non-hydrogen) atoms. The zero-order valence-corrected chi connectivity index (χ0v) is 21.9. The van der Waals surface area contributed by atoms with E-state index in [1.165, 1.54) is 10.7 Å². The molecule has 0 saturated carbocycles. The van der Waals surface area contributed by atoms with Gasteiger partial charge in [-0.05, 0) is 25.1 Å². The molecule has 12 heteroatoms. The molecule has 4 heterocycles. The third kappa shape index (κ3) is 6.65. The maximum Gasteiger partial charge on any atom is 0.264 e. The van der Waals surface area contributed by atoms with E-state index in [4.69, 9.17) is 13.6 Å². The first-order chi connectivity index (χ1) is 17.4. The molecule has 2 aliphatic heterocycles. The SMILES string of the molecule is CC.CN1CCC(F)(F)C1.[B]C(C)(C)Cc1nc(N)nn2cc(F)c(-c3ccc4c(c3)[N+](CCF)=N4)c12. The number of benzene rings is 1. The number of nitrogen functional groups attached to an aromatic ring is 1. The lowest BCUT2D eigenvalue weighted by Gasteiger charge is -2.19. The summed E-state index contributed by atoms with van der Waals surface area (Å²) in [6.07, 6.45) is 1.70. The Kier molecular flexibility index (Phi) is 8.61. The van der Waals surface area contributed by atoms with Gasteiger partial charge >= 0.3 is 0 Å². The van der Waals surface area contributed by atoms with E-state index >= 15 is 0 Å². The molecule has 198 valence electrons. The van der Waals surface area contributed by atoms with Gasteiger partial charge < -0.3 is 10.6 Å². The molecule has 2 aromatic heterocycles. The first-order valence-electron chi connectivity index (χ1n) is 12.2. The smallest absolute Gasteiger partial charge is 0.264 e. The standard InChI is InChI=1S/C18H18BF2N6.C5H9F2N.C2H6/c1-18(2,19)8-13-16-15(11(21)9-27(16)25-17(22)23-13)10-3-4-12-14(7-10)26(24-12)6-5-20;1-8-3-2-5(6,7)4-8;1-2/h3-4,7,9H,5-6,8H2,1-2H3,(H2,22,23,25);2-4H2,1H3;1-2H3/q+1;;. The van der Waals surface area contributed by atoms with Crippen molar-refractivity contribution in [2.75, 3.05) is 39.1 Å². The Balaban J connectivity index is 0.000000322. The predicted octanol–water partition coefficient (Wildman–Crippen LogP) is 5.72. The van der Waals surface area contributed by atoms with Crippen LogP contribution in [0.1, 0.15) is 39.8 Å². The van der Waals surface area contributed by atoms with E-state index < -0.39 is 23.7 Å². The Morgan fingerprint density at radius 3 is 2.49 bits per heavy atom. The Hall–Kier alpha value is -3.02. The monoisotopic (exact) mass is 518 g/mol. The number of anilines is 1. The second kappa shape index (κ2) is 11.2. The number of fused-ring (bicyclic) bond motifs is 2. The van der Waals surface area contributed by atoms with E-state index in [1.807, 2.05) is 27.7 Å². The van der Waals surface area contributed by atoms with Crippen molar-refractivity contribution >= 4 is 30.7 Å². The number of nitrogens with two attached hydrogens (primary N) is 1. The van der Waals surface area contributed by atoms with Crippen LogP contribution in [0.5, 0.6) is 0 Å². The average Bonchev–Trinajstić information content (AvgIpc) is 3.29. The second-order valence-corrected chi connectivity index (χ2v) is 9.69. The number of nitrogens with zero attached hydrogens (tertiary/aromatic N) is 6. The van der Waals surface area contributed by atoms with Gasteiger partial charge in [-0.25, -0.2) is 27.1 Å². The summed E-state index contributed by atoms with van der Waals surface area (Å²) in [6.45, 7) is 7.85.